The molecule has 0 saturated heterocycles. The molecule has 2 aromatic rings. The summed E-state index contributed by atoms with van der Waals surface area (Å²) in [5.74, 6) is 1.11. The van der Waals surface area contributed by atoms with E-state index in [1.54, 1.807) is 32.4 Å². The van der Waals surface area contributed by atoms with Gasteiger partial charge in [-0.15, -0.1) is 0 Å². The van der Waals surface area contributed by atoms with E-state index in [4.69, 9.17) is 21.6 Å². The second-order valence-corrected chi connectivity index (χ2v) is 3.83. The maximum absolute atomic E-state index is 9.00. The molecular weight excluding hydrogens is 238 g/mol. The van der Waals surface area contributed by atoms with Crippen molar-refractivity contribution in [3.63, 3.8) is 0 Å². The Morgan fingerprint density at radius 2 is 2.18 bits per heavy atom. The number of rotatable bonds is 2. The van der Waals surface area contributed by atoms with Crippen molar-refractivity contribution < 1.29 is 4.74 Å². The number of halogens is 1. The summed E-state index contributed by atoms with van der Waals surface area (Å²) in [6, 6.07) is 7.34. The fourth-order valence-electron chi connectivity index (χ4n) is 1.61. The number of aromatic nitrogens is 1. The van der Waals surface area contributed by atoms with Crippen molar-refractivity contribution in [2.45, 2.75) is 0 Å². The van der Waals surface area contributed by atoms with Crippen LogP contribution in [-0.2, 0) is 0 Å². The molecule has 86 valence electrons. The number of nitriles is 1. The van der Waals surface area contributed by atoms with Crippen LogP contribution in [-0.4, -0.2) is 19.1 Å². The first-order chi connectivity index (χ1) is 8.19. The highest BCUT2D eigenvalue weighted by atomic mass is 35.5. The maximum Gasteiger partial charge on any atom is 0.144 e. The summed E-state index contributed by atoms with van der Waals surface area (Å²) in [7, 11) is 3.27. The van der Waals surface area contributed by atoms with Crippen LogP contribution >= 0.6 is 11.6 Å². The molecule has 2 rings (SSSR count). The molecule has 0 fully saturated rings. The Kier molecular flexibility index (Phi) is 3.03. The predicted molar refractivity (Wildman–Crippen MR) is 67.6 cm³/mol. The molecule has 0 spiro atoms. The van der Waals surface area contributed by atoms with E-state index in [-0.39, 0.29) is 0 Å². The fourth-order valence-corrected chi connectivity index (χ4v) is 1.84. The Hall–Kier alpha value is -1.99. The summed E-state index contributed by atoms with van der Waals surface area (Å²) in [5.41, 5.74) is 1.21. The van der Waals surface area contributed by atoms with Crippen molar-refractivity contribution in [3.05, 3.63) is 28.8 Å². The topological polar surface area (TPSA) is 57.9 Å². The van der Waals surface area contributed by atoms with Crippen molar-refractivity contribution >= 4 is 28.3 Å². The van der Waals surface area contributed by atoms with E-state index in [9.17, 15) is 0 Å². The molecule has 0 aliphatic heterocycles. The minimum absolute atomic E-state index is 0.490. The number of nitrogens with zero attached hydrogens (tertiary/aromatic N) is 2. The van der Waals surface area contributed by atoms with Crippen LogP contribution in [0.5, 0.6) is 5.75 Å². The molecule has 0 aliphatic carbocycles. The Morgan fingerprint density at radius 1 is 1.41 bits per heavy atom. The molecule has 1 aromatic carbocycles. The predicted octanol–water partition coefficient (Wildman–Crippen LogP) is 2.81. The number of hydrogen-bond acceptors (Lipinski definition) is 4. The monoisotopic (exact) mass is 247 g/mol. The normalized spacial score (nSPS) is 10.0. The third-order valence-corrected chi connectivity index (χ3v) is 2.74. The van der Waals surface area contributed by atoms with Crippen LogP contribution in [0.4, 0.5) is 5.82 Å². The SMILES string of the molecule is CNc1nc2cc(Cl)c(OC)cc2cc1C#N. The van der Waals surface area contributed by atoms with Gasteiger partial charge in [0.1, 0.15) is 17.6 Å². The molecule has 0 aliphatic rings. The lowest BCUT2D eigenvalue weighted by molar-refractivity contribution is 0.415. The van der Waals surface area contributed by atoms with E-state index in [0.29, 0.717) is 22.2 Å². The van der Waals surface area contributed by atoms with E-state index in [1.807, 2.05) is 0 Å². The van der Waals surface area contributed by atoms with Crippen molar-refractivity contribution in [1.82, 2.24) is 4.98 Å². The summed E-state index contributed by atoms with van der Waals surface area (Å²) in [6.07, 6.45) is 0. The number of pyridine rings is 1. The van der Waals surface area contributed by atoms with Crippen molar-refractivity contribution in [1.29, 1.82) is 5.26 Å². The molecule has 1 aromatic heterocycles. The first kappa shape index (κ1) is 11.5. The van der Waals surface area contributed by atoms with Gasteiger partial charge in [-0.3, -0.25) is 0 Å². The zero-order valence-corrected chi connectivity index (χ0v) is 10.2. The highest BCUT2D eigenvalue weighted by Crippen LogP contribution is 2.30. The molecule has 17 heavy (non-hydrogen) atoms. The van der Waals surface area contributed by atoms with Crippen molar-refractivity contribution in [2.24, 2.45) is 0 Å². The molecule has 0 amide bonds. The van der Waals surface area contributed by atoms with Gasteiger partial charge >= 0.3 is 0 Å². The van der Waals surface area contributed by atoms with Gasteiger partial charge in [-0.25, -0.2) is 4.98 Å². The number of anilines is 1. The standard InChI is InChI=1S/C12H10ClN3O/c1-15-12-8(6-14)3-7-4-11(17-2)9(13)5-10(7)16-12/h3-5H,1-2H3,(H,15,16). The first-order valence-corrected chi connectivity index (χ1v) is 5.33. The zero-order valence-electron chi connectivity index (χ0n) is 9.41. The smallest absolute Gasteiger partial charge is 0.144 e. The second-order valence-electron chi connectivity index (χ2n) is 3.43. The highest BCUT2D eigenvalue weighted by Gasteiger charge is 2.08. The van der Waals surface area contributed by atoms with E-state index in [2.05, 4.69) is 16.4 Å². The van der Waals surface area contributed by atoms with Gasteiger partial charge in [-0.05, 0) is 18.2 Å². The fraction of sp³-hybridized carbons (Fsp3) is 0.167. The van der Waals surface area contributed by atoms with E-state index in [1.165, 1.54) is 0 Å². The Bertz CT molecular complexity index is 619. The molecule has 5 heteroatoms. The number of fused-ring (bicyclic) bond motifs is 1. The highest BCUT2D eigenvalue weighted by molar-refractivity contribution is 6.32. The number of methoxy groups -OCH3 is 1. The molecular formula is C12H10ClN3O. The molecule has 0 atom stereocenters. The first-order valence-electron chi connectivity index (χ1n) is 4.95. The third kappa shape index (κ3) is 1.97. The average Bonchev–Trinajstić information content (AvgIpc) is 2.36. The minimum atomic E-state index is 0.490. The lowest BCUT2D eigenvalue weighted by atomic mass is 10.1. The van der Waals surface area contributed by atoms with E-state index >= 15 is 0 Å². The maximum atomic E-state index is 9.00. The molecule has 0 radical (unpaired) electrons. The second kappa shape index (κ2) is 4.48. The van der Waals surface area contributed by atoms with Crippen LogP contribution in [0.25, 0.3) is 10.9 Å². The summed E-state index contributed by atoms with van der Waals surface area (Å²) >= 11 is 6.02. The molecule has 1 N–H and O–H groups in total. The van der Waals surface area contributed by atoms with Gasteiger partial charge < -0.3 is 10.1 Å². The summed E-state index contributed by atoms with van der Waals surface area (Å²) < 4.78 is 5.12. The van der Waals surface area contributed by atoms with Crippen LogP contribution in [0.15, 0.2) is 18.2 Å². The summed E-state index contributed by atoms with van der Waals surface area (Å²) in [6.45, 7) is 0. The van der Waals surface area contributed by atoms with Crippen LogP contribution in [0, 0.1) is 11.3 Å². The Labute approximate surface area is 104 Å². The van der Waals surface area contributed by atoms with Gasteiger partial charge in [0.15, 0.2) is 0 Å². The van der Waals surface area contributed by atoms with Gasteiger partial charge in [-0.2, -0.15) is 5.26 Å². The molecule has 0 unspecified atom stereocenters. The van der Waals surface area contributed by atoms with Crippen LogP contribution in [0.1, 0.15) is 5.56 Å². The molecule has 0 bridgehead atoms. The van der Waals surface area contributed by atoms with Crippen molar-refractivity contribution in [3.8, 4) is 11.8 Å². The zero-order chi connectivity index (χ0) is 12.4. The third-order valence-electron chi connectivity index (χ3n) is 2.45. The van der Waals surface area contributed by atoms with Crippen molar-refractivity contribution in [2.75, 3.05) is 19.5 Å². The van der Waals surface area contributed by atoms with Crippen LogP contribution < -0.4 is 10.1 Å². The van der Waals surface area contributed by atoms with Crippen LogP contribution in [0.3, 0.4) is 0 Å². The number of nitrogens with one attached hydrogen (secondary N) is 1. The van der Waals surface area contributed by atoms with E-state index < -0.39 is 0 Å². The summed E-state index contributed by atoms with van der Waals surface area (Å²) in [5, 5.41) is 13.2. The van der Waals surface area contributed by atoms with Gasteiger partial charge in [0.2, 0.25) is 0 Å². The Morgan fingerprint density at radius 3 is 2.76 bits per heavy atom. The van der Waals surface area contributed by atoms with E-state index in [0.717, 1.165) is 10.9 Å². The minimum Gasteiger partial charge on any atom is -0.495 e. The lowest BCUT2D eigenvalue weighted by Crippen LogP contribution is -1.97. The quantitative estimate of drug-likeness (QED) is 0.887. The van der Waals surface area contributed by atoms with Gasteiger partial charge in [0.05, 0.1) is 23.2 Å². The van der Waals surface area contributed by atoms with Gasteiger partial charge in [0.25, 0.3) is 0 Å². The average molecular weight is 248 g/mol. The number of benzene rings is 1. The number of ether oxygens (including phenoxy) is 1. The van der Waals surface area contributed by atoms with Gasteiger partial charge in [-0.1, -0.05) is 11.6 Å². The Balaban J connectivity index is 2.75. The van der Waals surface area contributed by atoms with Crippen LogP contribution in [0.2, 0.25) is 5.02 Å². The van der Waals surface area contributed by atoms with Gasteiger partial charge in [0, 0.05) is 12.4 Å². The summed E-state index contributed by atoms with van der Waals surface area (Å²) in [4.78, 5) is 4.33. The lowest BCUT2D eigenvalue weighted by Gasteiger charge is -2.08. The molecule has 0 saturated carbocycles. The largest absolute Gasteiger partial charge is 0.495 e. The molecule has 1 heterocycles. The molecule has 4 nitrogen and oxygen atoms in total. The number of hydrogen-bond donors (Lipinski definition) is 1.